The summed E-state index contributed by atoms with van der Waals surface area (Å²) in [5.74, 6) is 1.76. The molecule has 6 atom stereocenters. The lowest BCUT2D eigenvalue weighted by Crippen LogP contribution is -2.63. The summed E-state index contributed by atoms with van der Waals surface area (Å²) in [6.45, 7) is 6.96. The van der Waals surface area contributed by atoms with Gasteiger partial charge in [0, 0.05) is 11.3 Å². The van der Waals surface area contributed by atoms with E-state index in [0.717, 1.165) is 0 Å². The minimum absolute atomic E-state index is 0.256. The lowest BCUT2D eigenvalue weighted by Gasteiger charge is -2.50. The van der Waals surface area contributed by atoms with E-state index in [4.69, 9.17) is 4.74 Å². The normalized spacial score (nSPS) is 38.5. The number of amides is 1. The molecule has 160 valence electrons. The van der Waals surface area contributed by atoms with E-state index < -0.39 is 5.54 Å². The van der Waals surface area contributed by atoms with Crippen LogP contribution in [0.5, 0.6) is 0 Å². The van der Waals surface area contributed by atoms with Gasteiger partial charge in [-0.3, -0.25) is 0 Å². The van der Waals surface area contributed by atoms with Crippen molar-refractivity contribution in [3.05, 3.63) is 83.9 Å². The Balaban J connectivity index is 1.68. The third-order valence-corrected chi connectivity index (χ3v) is 8.91. The van der Waals surface area contributed by atoms with Crippen molar-refractivity contribution in [3.63, 3.8) is 0 Å². The monoisotopic (exact) mass is 414 g/mol. The summed E-state index contributed by atoms with van der Waals surface area (Å²) in [5, 5.41) is 1.88. The summed E-state index contributed by atoms with van der Waals surface area (Å²) < 4.78 is 5.63. The van der Waals surface area contributed by atoms with Gasteiger partial charge in [0.2, 0.25) is 0 Å². The molecule has 2 saturated carbocycles. The second kappa shape index (κ2) is 6.23. The van der Waals surface area contributed by atoms with Crippen molar-refractivity contribution < 1.29 is 9.53 Å². The zero-order valence-electron chi connectivity index (χ0n) is 18.4. The lowest BCUT2D eigenvalue weighted by atomic mass is 9.60. The number of benzene rings is 2. The second-order valence-corrected chi connectivity index (χ2v) is 10.1. The zero-order valence-corrected chi connectivity index (χ0v) is 18.4. The number of carbonyl (C=O) groups is 1. The van der Waals surface area contributed by atoms with Gasteiger partial charge in [0.15, 0.2) is 0 Å². The molecule has 1 saturated heterocycles. The minimum Gasteiger partial charge on any atom is -0.449 e. The fourth-order valence-electron chi connectivity index (χ4n) is 8.09. The van der Waals surface area contributed by atoms with Gasteiger partial charge in [0.1, 0.15) is 0 Å². The molecule has 0 aromatic heterocycles. The number of carbonyl (C=O) groups excluding carboxylic acids is 1. The summed E-state index contributed by atoms with van der Waals surface area (Å²) in [6.07, 6.45) is 5.74. The quantitative estimate of drug-likeness (QED) is 0.552. The van der Waals surface area contributed by atoms with Gasteiger partial charge in [-0.05, 0) is 42.2 Å². The van der Waals surface area contributed by atoms with E-state index in [2.05, 4.69) is 92.1 Å². The van der Waals surface area contributed by atoms with Gasteiger partial charge in [0.05, 0.1) is 17.7 Å². The first-order valence-corrected chi connectivity index (χ1v) is 11.5. The Kier molecular flexibility index (Phi) is 3.84. The number of hydrogen-bond acceptors (Lipinski definition) is 3. The van der Waals surface area contributed by atoms with Crippen LogP contribution in [0.1, 0.15) is 38.3 Å². The maximum Gasteiger partial charge on any atom is 0.425 e. The van der Waals surface area contributed by atoms with E-state index in [1.807, 2.05) is 11.9 Å². The highest BCUT2D eigenvalue weighted by Crippen LogP contribution is 2.79. The molecule has 31 heavy (non-hydrogen) atoms. The van der Waals surface area contributed by atoms with Crippen LogP contribution in [-0.2, 0) is 15.8 Å². The average Bonchev–Trinajstić information content (AvgIpc) is 3.50. The molecule has 0 radical (unpaired) electrons. The Morgan fingerprint density at radius 1 is 0.968 bits per heavy atom. The average molecular weight is 415 g/mol. The maximum absolute atomic E-state index is 13.5. The number of allylic oxidation sites excluding steroid dienone is 2. The van der Waals surface area contributed by atoms with Crippen LogP contribution < -0.4 is 5.43 Å². The van der Waals surface area contributed by atoms with Crippen molar-refractivity contribution in [1.82, 2.24) is 10.4 Å². The summed E-state index contributed by atoms with van der Waals surface area (Å²) in [4.78, 5) is 13.5. The molecule has 3 fully saturated rings. The number of nitrogens with one attached hydrogen (secondary N) is 1. The third kappa shape index (κ3) is 1.99. The highest BCUT2D eigenvalue weighted by molar-refractivity contribution is 5.71. The predicted octanol–water partition coefficient (Wildman–Crippen LogP) is 5.23. The lowest BCUT2D eigenvalue weighted by molar-refractivity contribution is -0.0436. The Morgan fingerprint density at radius 2 is 1.55 bits per heavy atom. The first kappa shape index (κ1) is 19.1. The second-order valence-electron chi connectivity index (χ2n) is 10.1. The van der Waals surface area contributed by atoms with Crippen molar-refractivity contribution in [2.45, 2.75) is 38.3 Å². The highest BCUT2D eigenvalue weighted by atomic mass is 16.6. The molecule has 4 nitrogen and oxygen atoms in total. The van der Waals surface area contributed by atoms with Crippen LogP contribution in [0.4, 0.5) is 4.79 Å². The van der Waals surface area contributed by atoms with E-state index in [1.165, 1.54) is 17.5 Å². The molecule has 2 aromatic carbocycles. The standard InChI is InChI=1S/C27H30N2O2/c1-4-31-24(30)29-27(21-13-9-6-10-14-21)23-19-16-15-18(17-19)22(23)26(28-29,25(27,2)3)20-11-7-5-8-12-20/h5-16,18-19,22-23,28H,4,17H2,1-3H3/t18-,19+,22+,23-,26+,27-/m1/s1. The Morgan fingerprint density at radius 3 is 2.16 bits per heavy atom. The first-order valence-electron chi connectivity index (χ1n) is 11.5. The molecule has 1 amide bonds. The van der Waals surface area contributed by atoms with Crippen molar-refractivity contribution in [1.29, 1.82) is 0 Å². The van der Waals surface area contributed by atoms with Crippen LogP contribution in [-0.4, -0.2) is 17.7 Å². The number of fused-ring (bicyclic) bond motifs is 9. The fourth-order valence-corrected chi connectivity index (χ4v) is 8.09. The summed E-state index contributed by atoms with van der Waals surface area (Å²) in [5.41, 5.74) is 5.17. The molecule has 6 rings (SSSR count). The molecule has 1 aliphatic heterocycles. The van der Waals surface area contributed by atoms with Gasteiger partial charge in [0.25, 0.3) is 0 Å². The van der Waals surface area contributed by atoms with Crippen molar-refractivity contribution in [2.75, 3.05) is 6.61 Å². The number of hydrogen-bond donors (Lipinski definition) is 1. The first-order chi connectivity index (χ1) is 15.0. The van der Waals surface area contributed by atoms with Crippen molar-refractivity contribution in [2.24, 2.45) is 29.1 Å². The van der Waals surface area contributed by atoms with Gasteiger partial charge in [-0.1, -0.05) is 86.7 Å². The molecule has 3 aliphatic carbocycles. The molecule has 4 aliphatic rings. The minimum atomic E-state index is -0.495. The molecule has 0 unspecified atom stereocenters. The van der Waals surface area contributed by atoms with Crippen LogP contribution in [0, 0.1) is 29.1 Å². The van der Waals surface area contributed by atoms with Gasteiger partial charge in [-0.2, -0.15) is 0 Å². The third-order valence-electron chi connectivity index (χ3n) is 8.91. The topological polar surface area (TPSA) is 41.6 Å². The van der Waals surface area contributed by atoms with Gasteiger partial charge < -0.3 is 4.74 Å². The van der Waals surface area contributed by atoms with Crippen LogP contribution in [0.3, 0.4) is 0 Å². The highest BCUT2D eigenvalue weighted by Gasteiger charge is 2.84. The molecular formula is C27H30N2O2. The Bertz CT molecular complexity index is 1050. The Labute approximate surface area is 184 Å². The van der Waals surface area contributed by atoms with Crippen LogP contribution in [0.15, 0.2) is 72.8 Å². The molecule has 1 heterocycles. The van der Waals surface area contributed by atoms with Crippen LogP contribution in [0.2, 0.25) is 0 Å². The van der Waals surface area contributed by atoms with Gasteiger partial charge in [-0.15, -0.1) is 0 Å². The van der Waals surface area contributed by atoms with Crippen molar-refractivity contribution in [3.8, 4) is 0 Å². The summed E-state index contributed by atoms with van der Waals surface area (Å²) >= 11 is 0. The van der Waals surface area contributed by atoms with Crippen LogP contribution in [0.25, 0.3) is 0 Å². The largest absolute Gasteiger partial charge is 0.449 e. The number of hydrazine groups is 1. The SMILES string of the molecule is CCOC(=O)N1N[C@@]2(c3ccccc3)[C@@H]3[C@@H]([C@H]4C=C[C@@H]3C4)[C@]1(c1ccccc1)C2(C)C. The van der Waals surface area contributed by atoms with Gasteiger partial charge >= 0.3 is 6.09 Å². The summed E-state index contributed by atoms with van der Waals surface area (Å²) in [7, 11) is 0. The van der Waals surface area contributed by atoms with Gasteiger partial charge in [-0.25, -0.2) is 15.2 Å². The van der Waals surface area contributed by atoms with Crippen LogP contribution >= 0.6 is 0 Å². The Hall–Kier alpha value is -2.59. The van der Waals surface area contributed by atoms with Crippen molar-refractivity contribution >= 4 is 6.09 Å². The predicted molar refractivity (Wildman–Crippen MR) is 120 cm³/mol. The molecule has 2 aromatic rings. The molecule has 1 N–H and O–H groups in total. The number of nitrogens with zero attached hydrogens (tertiary/aromatic N) is 1. The smallest absolute Gasteiger partial charge is 0.425 e. The van der Waals surface area contributed by atoms with E-state index in [9.17, 15) is 4.79 Å². The maximum atomic E-state index is 13.5. The number of rotatable bonds is 3. The fraction of sp³-hybridized carbons (Fsp3) is 0.444. The molecular weight excluding hydrogens is 384 g/mol. The summed E-state index contributed by atoms with van der Waals surface area (Å²) in [6, 6.07) is 21.4. The van der Waals surface area contributed by atoms with E-state index in [0.29, 0.717) is 30.3 Å². The molecule has 0 spiro atoms. The number of ether oxygens (including phenoxy) is 1. The van der Waals surface area contributed by atoms with E-state index >= 15 is 0 Å². The van der Waals surface area contributed by atoms with E-state index in [-0.39, 0.29) is 17.0 Å². The molecule has 4 heteroatoms. The zero-order chi connectivity index (χ0) is 21.4. The van der Waals surface area contributed by atoms with E-state index in [1.54, 1.807) is 0 Å². The molecule has 4 bridgehead atoms.